The highest BCUT2D eigenvalue weighted by atomic mass is 32.2. The molecule has 1 heterocycles. The van der Waals surface area contributed by atoms with Crippen LogP contribution in [-0.2, 0) is 13.0 Å². The molecule has 1 N–H and O–H groups in total. The van der Waals surface area contributed by atoms with Crippen LogP contribution < -0.4 is 0 Å². The Labute approximate surface area is 112 Å². The lowest BCUT2D eigenvalue weighted by Gasteiger charge is -2.11. The molecule has 0 spiro atoms. The summed E-state index contributed by atoms with van der Waals surface area (Å²) in [5, 5.41) is 10.0. The van der Waals surface area contributed by atoms with Crippen LogP contribution in [0.3, 0.4) is 0 Å². The third kappa shape index (κ3) is 3.62. The van der Waals surface area contributed by atoms with E-state index in [1.165, 1.54) is 4.90 Å². The fraction of sp³-hybridized carbons (Fsp3) is 0.357. The maximum absolute atomic E-state index is 10.0. The largest absolute Gasteiger partial charge is 0.392 e. The van der Waals surface area contributed by atoms with Gasteiger partial charge in [0.05, 0.1) is 6.10 Å². The van der Waals surface area contributed by atoms with E-state index >= 15 is 0 Å². The van der Waals surface area contributed by atoms with E-state index in [0.717, 1.165) is 12.4 Å². The summed E-state index contributed by atoms with van der Waals surface area (Å²) in [5.41, 5.74) is 0. The molecule has 4 heteroatoms. The van der Waals surface area contributed by atoms with E-state index in [9.17, 15) is 5.11 Å². The molecule has 1 unspecified atom stereocenters. The highest BCUT2D eigenvalue weighted by Gasteiger charge is 2.10. The molecule has 0 radical (unpaired) electrons. The molecule has 1 aromatic carbocycles. The van der Waals surface area contributed by atoms with Crippen molar-refractivity contribution >= 4 is 11.8 Å². The zero-order valence-electron chi connectivity index (χ0n) is 10.5. The number of rotatable bonds is 6. The first kappa shape index (κ1) is 13.2. The minimum Gasteiger partial charge on any atom is -0.392 e. The first-order valence-corrected chi connectivity index (χ1v) is 7.14. The fourth-order valence-electron chi connectivity index (χ4n) is 1.80. The van der Waals surface area contributed by atoms with Gasteiger partial charge in [-0.25, -0.2) is 4.98 Å². The minimum atomic E-state index is -0.358. The van der Waals surface area contributed by atoms with E-state index < -0.39 is 0 Å². The van der Waals surface area contributed by atoms with Gasteiger partial charge >= 0.3 is 0 Å². The second-order valence-corrected chi connectivity index (χ2v) is 5.20. The summed E-state index contributed by atoms with van der Waals surface area (Å²) >= 11 is 1.68. The lowest BCUT2D eigenvalue weighted by Crippen LogP contribution is -2.16. The SMILES string of the molecule is CCn1ccnc1CC(O)CSc1ccccc1. The molecule has 1 atom stereocenters. The van der Waals surface area contributed by atoms with Crippen molar-refractivity contribution in [1.82, 2.24) is 9.55 Å². The number of imidazole rings is 1. The van der Waals surface area contributed by atoms with Crippen molar-refractivity contribution in [1.29, 1.82) is 0 Å². The van der Waals surface area contributed by atoms with Crippen molar-refractivity contribution in [2.75, 3.05) is 5.75 Å². The normalized spacial score (nSPS) is 12.6. The van der Waals surface area contributed by atoms with Gasteiger partial charge in [0.2, 0.25) is 0 Å². The van der Waals surface area contributed by atoms with Gasteiger partial charge in [0, 0.05) is 36.0 Å². The molecule has 2 rings (SSSR count). The van der Waals surface area contributed by atoms with Crippen LogP contribution >= 0.6 is 11.8 Å². The van der Waals surface area contributed by atoms with Gasteiger partial charge in [-0.1, -0.05) is 18.2 Å². The van der Waals surface area contributed by atoms with Crippen LogP contribution in [0.5, 0.6) is 0 Å². The zero-order valence-corrected chi connectivity index (χ0v) is 11.3. The third-order valence-corrected chi connectivity index (χ3v) is 3.90. The van der Waals surface area contributed by atoms with Crippen molar-refractivity contribution in [2.45, 2.75) is 30.9 Å². The Morgan fingerprint density at radius 2 is 2.11 bits per heavy atom. The van der Waals surface area contributed by atoms with Crippen molar-refractivity contribution in [3.63, 3.8) is 0 Å². The quantitative estimate of drug-likeness (QED) is 0.813. The topological polar surface area (TPSA) is 38.0 Å². The summed E-state index contributed by atoms with van der Waals surface area (Å²) in [6, 6.07) is 10.1. The summed E-state index contributed by atoms with van der Waals surface area (Å²) in [6.45, 7) is 2.98. The Kier molecular flexibility index (Phi) is 4.84. The number of aromatic nitrogens is 2. The molecule has 0 bridgehead atoms. The van der Waals surface area contributed by atoms with Gasteiger partial charge in [-0.05, 0) is 19.1 Å². The van der Waals surface area contributed by atoms with E-state index in [0.29, 0.717) is 12.2 Å². The van der Waals surface area contributed by atoms with E-state index in [2.05, 4.69) is 28.6 Å². The molecule has 3 nitrogen and oxygen atoms in total. The molecule has 96 valence electrons. The number of aryl methyl sites for hydroxylation is 1. The lowest BCUT2D eigenvalue weighted by atomic mass is 10.3. The molecule has 0 aliphatic heterocycles. The Bertz CT molecular complexity index is 470. The fourth-order valence-corrected chi connectivity index (χ4v) is 2.65. The first-order valence-electron chi connectivity index (χ1n) is 6.15. The molecule has 18 heavy (non-hydrogen) atoms. The number of aliphatic hydroxyl groups excluding tert-OH is 1. The maximum atomic E-state index is 10.0. The molecule has 0 saturated carbocycles. The van der Waals surface area contributed by atoms with Gasteiger partial charge in [-0.15, -0.1) is 11.8 Å². The summed E-state index contributed by atoms with van der Waals surface area (Å²) < 4.78 is 2.07. The standard InChI is InChI=1S/C14H18N2OS/c1-2-16-9-8-15-14(16)10-12(17)11-18-13-6-4-3-5-7-13/h3-9,12,17H,2,10-11H2,1H3. The van der Waals surface area contributed by atoms with Crippen molar-refractivity contribution < 1.29 is 5.11 Å². The lowest BCUT2D eigenvalue weighted by molar-refractivity contribution is 0.196. The average molecular weight is 262 g/mol. The number of nitrogens with zero attached hydrogens (tertiary/aromatic N) is 2. The van der Waals surface area contributed by atoms with Crippen LogP contribution in [0.15, 0.2) is 47.6 Å². The van der Waals surface area contributed by atoms with Gasteiger partial charge < -0.3 is 9.67 Å². The second kappa shape index (κ2) is 6.61. The first-order chi connectivity index (χ1) is 8.79. The van der Waals surface area contributed by atoms with E-state index in [1.54, 1.807) is 18.0 Å². The number of hydrogen-bond acceptors (Lipinski definition) is 3. The molecular weight excluding hydrogens is 244 g/mol. The van der Waals surface area contributed by atoms with Crippen LogP contribution in [0.25, 0.3) is 0 Å². The minimum absolute atomic E-state index is 0.358. The highest BCUT2D eigenvalue weighted by Crippen LogP contribution is 2.18. The molecule has 1 aromatic heterocycles. The average Bonchev–Trinajstić information content (AvgIpc) is 2.85. The predicted octanol–water partition coefficient (Wildman–Crippen LogP) is 2.60. The number of thioether (sulfide) groups is 1. The summed E-state index contributed by atoms with van der Waals surface area (Å²) in [6.07, 6.45) is 3.99. The van der Waals surface area contributed by atoms with E-state index in [1.807, 2.05) is 24.4 Å². The van der Waals surface area contributed by atoms with Gasteiger partial charge in [-0.3, -0.25) is 0 Å². The summed E-state index contributed by atoms with van der Waals surface area (Å²) in [4.78, 5) is 5.47. The monoisotopic (exact) mass is 262 g/mol. The molecule has 0 fully saturated rings. The van der Waals surface area contributed by atoms with Crippen LogP contribution in [-0.4, -0.2) is 26.5 Å². The second-order valence-electron chi connectivity index (χ2n) is 4.11. The summed E-state index contributed by atoms with van der Waals surface area (Å²) in [5.74, 6) is 1.65. The van der Waals surface area contributed by atoms with Gasteiger partial charge in [0.1, 0.15) is 5.82 Å². The Morgan fingerprint density at radius 1 is 1.33 bits per heavy atom. The zero-order chi connectivity index (χ0) is 12.8. The van der Waals surface area contributed by atoms with Crippen LogP contribution in [0.1, 0.15) is 12.7 Å². The predicted molar refractivity (Wildman–Crippen MR) is 74.8 cm³/mol. The van der Waals surface area contributed by atoms with Crippen molar-refractivity contribution in [2.24, 2.45) is 0 Å². The smallest absolute Gasteiger partial charge is 0.111 e. The Balaban J connectivity index is 1.84. The Morgan fingerprint density at radius 3 is 2.83 bits per heavy atom. The Hall–Kier alpha value is -1.26. The van der Waals surface area contributed by atoms with Crippen LogP contribution in [0.2, 0.25) is 0 Å². The molecule has 0 amide bonds. The molecule has 2 aromatic rings. The van der Waals surface area contributed by atoms with E-state index in [4.69, 9.17) is 0 Å². The molecule has 0 saturated heterocycles. The molecular formula is C14H18N2OS. The molecule has 0 aliphatic carbocycles. The molecule has 0 aliphatic rings. The summed E-state index contributed by atoms with van der Waals surface area (Å²) in [7, 11) is 0. The van der Waals surface area contributed by atoms with Crippen LogP contribution in [0, 0.1) is 0 Å². The highest BCUT2D eigenvalue weighted by molar-refractivity contribution is 7.99. The van der Waals surface area contributed by atoms with Crippen LogP contribution in [0.4, 0.5) is 0 Å². The third-order valence-electron chi connectivity index (χ3n) is 2.75. The van der Waals surface area contributed by atoms with Gasteiger partial charge in [0.25, 0.3) is 0 Å². The number of benzene rings is 1. The van der Waals surface area contributed by atoms with Gasteiger partial charge in [0.15, 0.2) is 0 Å². The van der Waals surface area contributed by atoms with Gasteiger partial charge in [-0.2, -0.15) is 0 Å². The number of aliphatic hydroxyl groups is 1. The van der Waals surface area contributed by atoms with Crippen molar-refractivity contribution in [3.05, 3.63) is 48.5 Å². The maximum Gasteiger partial charge on any atom is 0.111 e. The van der Waals surface area contributed by atoms with E-state index in [-0.39, 0.29) is 6.10 Å². The number of hydrogen-bond donors (Lipinski definition) is 1. The van der Waals surface area contributed by atoms with Crippen molar-refractivity contribution in [3.8, 4) is 0 Å².